The van der Waals surface area contributed by atoms with Crippen LogP contribution >= 0.6 is 23.2 Å². The number of nitrogens with zero attached hydrogens (tertiary/aromatic N) is 4. The lowest BCUT2D eigenvalue weighted by Gasteiger charge is -2.35. The Morgan fingerprint density at radius 2 is 1.63 bits per heavy atom. The first kappa shape index (κ1) is 22.1. The first-order valence-electron chi connectivity index (χ1n) is 9.48. The van der Waals surface area contributed by atoms with Crippen molar-refractivity contribution < 1.29 is 19.1 Å². The van der Waals surface area contributed by atoms with E-state index in [9.17, 15) is 9.59 Å². The van der Waals surface area contributed by atoms with Gasteiger partial charge >= 0.3 is 12.1 Å². The molecule has 10 heteroatoms. The molecule has 0 aliphatic carbocycles. The highest BCUT2D eigenvalue weighted by atomic mass is 35.5. The minimum atomic E-state index is -0.470. The molecule has 160 valence electrons. The molecule has 3 rings (SSSR count). The normalized spacial score (nSPS) is 13.9. The Balaban J connectivity index is 1.69. The average Bonchev–Trinajstić information content (AvgIpc) is 2.76. The molecule has 1 amide bonds. The number of hydrogen-bond acceptors (Lipinski definition) is 7. The number of hydrogen-bond donors (Lipinski definition) is 0. The molecule has 0 radical (unpaired) electrons. The minimum Gasteiger partial charge on any atom is -0.469 e. The molecule has 1 aromatic heterocycles. The SMILES string of the molecule is CCOC(=O)N1CCN(c2ccc(-c3nc(Cl)c(CC(=O)OC)c(Cl)n3)cc2)CC1. The predicted molar refractivity (Wildman–Crippen MR) is 114 cm³/mol. The van der Waals surface area contributed by atoms with E-state index in [0.717, 1.165) is 11.3 Å². The van der Waals surface area contributed by atoms with Crippen molar-refractivity contribution in [2.24, 2.45) is 0 Å². The van der Waals surface area contributed by atoms with Gasteiger partial charge in [0.2, 0.25) is 0 Å². The summed E-state index contributed by atoms with van der Waals surface area (Å²) in [5.74, 6) is -0.0974. The van der Waals surface area contributed by atoms with Crippen LogP contribution in [0.2, 0.25) is 10.3 Å². The highest BCUT2D eigenvalue weighted by Crippen LogP contribution is 2.28. The first-order valence-corrected chi connectivity index (χ1v) is 10.2. The van der Waals surface area contributed by atoms with Gasteiger partial charge in [0, 0.05) is 43.0 Å². The van der Waals surface area contributed by atoms with E-state index in [1.54, 1.807) is 11.8 Å². The summed E-state index contributed by atoms with van der Waals surface area (Å²) in [5.41, 5.74) is 2.11. The van der Waals surface area contributed by atoms with Crippen LogP contribution in [-0.2, 0) is 20.7 Å². The zero-order valence-corrected chi connectivity index (χ0v) is 18.2. The Morgan fingerprint density at radius 1 is 1.03 bits per heavy atom. The van der Waals surface area contributed by atoms with Crippen molar-refractivity contribution in [3.63, 3.8) is 0 Å². The van der Waals surface area contributed by atoms with Gasteiger partial charge in [-0.3, -0.25) is 4.79 Å². The van der Waals surface area contributed by atoms with E-state index >= 15 is 0 Å². The van der Waals surface area contributed by atoms with E-state index in [1.165, 1.54) is 7.11 Å². The van der Waals surface area contributed by atoms with Gasteiger partial charge in [-0.05, 0) is 31.2 Å². The molecule has 1 fully saturated rings. The molecule has 0 spiro atoms. The van der Waals surface area contributed by atoms with Crippen LogP contribution < -0.4 is 4.90 Å². The number of amides is 1. The Bertz CT molecular complexity index is 893. The average molecular weight is 453 g/mol. The second kappa shape index (κ2) is 9.95. The lowest BCUT2D eigenvalue weighted by molar-refractivity contribution is -0.139. The zero-order chi connectivity index (χ0) is 21.7. The summed E-state index contributed by atoms with van der Waals surface area (Å²) in [6.45, 7) is 4.82. The topological polar surface area (TPSA) is 84.9 Å². The predicted octanol–water partition coefficient (Wildman–Crippen LogP) is 3.44. The number of halogens is 2. The number of carbonyl (C=O) groups is 2. The van der Waals surface area contributed by atoms with E-state index in [4.69, 9.17) is 27.9 Å². The van der Waals surface area contributed by atoms with Crippen LogP contribution in [0.1, 0.15) is 12.5 Å². The van der Waals surface area contributed by atoms with E-state index in [0.29, 0.717) is 44.2 Å². The molecule has 1 aromatic carbocycles. The summed E-state index contributed by atoms with van der Waals surface area (Å²) in [6, 6.07) is 7.69. The number of esters is 1. The van der Waals surface area contributed by atoms with Gasteiger partial charge < -0.3 is 19.3 Å². The fraction of sp³-hybridized carbons (Fsp3) is 0.400. The van der Waals surface area contributed by atoms with Crippen molar-refractivity contribution in [2.45, 2.75) is 13.3 Å². The number of ether oxygens (including phenoxy) is 2. The maximum Gasteiger partial charge on any atom is 0.409 e. The van der Waals surface area contributed by atoms with Crippen LogP contribution in [0.3, 0.4) is 0 Å². The zero-order valence-electron chi connectivity index (χ0n) is 16.7. The van der Waals surface area contributed by atoms with Crippen LogP contribution in [0.25, 0.3) is 11.4 Å². The smallest absolute Gasteiger partial charge is 0.409 e. The fourth-order valence-corrected chi connectivity index (χ4v) is 3.63. The molecule has 0 N–H and O–H groups in total. The molecule has 0 unspecified atom stereocenters. The molecule has 0 saturated carbocycles. The summed E-state index contributed by atoms with van der Waals surface area (Å²) >= 11 is 12.4. The monoisotopic (exact) mass is 452 g/mol. The van der Waals surface area contributed by atoms with Crippen molar-refractivity contribution in [2.75, 3.05) is 44.8 Å². The van der Waals surface area contributed by atoms with E-state index in [-0.39, 0.29) is 22.8 Å². The van der Waals surface area contributed by atoms with Gasteiger partial charge in [0.05, 0.1) is 20.1 Å². The lowest BCUT2D eigenvalue weighted by atomic mass is 10.1. The Labute approximate surface area is 184 Å². The number of piperazine rings is 1. The van der Waals surface area contributed by atoms with Gasteiger partial charge in [-0.15, -0.1) is 0 Å². The summed E-state index contributed by atoms with van der Waals surface area (Å²) < 4.78 is 9.69. The van der Waals surface area contributed by atoms with Crippen LogP contribution in [0, 0.1) is 0 Å². The second-order valence-electron chi connectivity index (χ2n) is 6.58. The summed E-state index contributed by atoms with van der Waals surface area (Å²) in [7, 11) is 1.29. The third-order valence-corrected chi connectivity index (χ3v) is 5.38. The molecule has 2 heterocycles. The van der Waals surface area contributed by atoms with E-state index in [2.05, 4.69) is 19.6 Å². The quantitative estimate of drug-likeness (QED) is 0.507. The molecule has 1 aliphatic heterocycles. The first-order chi connectivity index (χ1) is 14.4. The summed E-state index contributed by atoms with van der Waals surface area (Å²) in [6.07, 6.45) is -0.362. The molecule has 0 bridgehead atoms. The Hall–Kier alpha value is -2.58. The molecule has 0 atom stereocenters. The van der Waals surface area contributed by atoms with Gasteiger partial charge in [0.25, 0.3) is 0 Å². The number of anilines is 1. The fourth-order valence-electron chi connectivity index (χ4n) is 3.11. The molecule has 1 saturated heterocycles. The molecule has 1 aliphatic rings. The molecular weight excluding hydrogens is 431 g/mol. The van der Waals surface area contributed by atoms with Gasteiger partial charge in [-0.2, -0.15) is 0 Å². The van der Waals surface area contributed by atoms with Gasteiger partial charge in [-0.1, -0.05) is 23.2 Å². The van der Waals surface area contributed by atoms with E-state index < -0.39 is 5.97 Å². The second-order valence-corrected chi connectivity index (χ2v) is 7.30. The van der Waals surface area contributed by atoms with Gasteiger partial charge in [0.1, 0.15) is 10.3 Å². The molecule has 30 heavy (non-hydrogen) atoms. The van der Waals surface area contributed by atoms with Crippen molar-refractivity contribution >= 4 is 41.0 Å². The number of methoxy groups -OCH3 is 1. The number of aromatic nitrogens is 2. The summed E-state index contributed by atoms with van der Waals surface area (Å²) in [5, 5.41) is 0.240. The highest BCUT2D eigenvalue weighted by Gasteiger charge is 2.22. The van der Waals surface area contributed by atoms with E-state index in [1.807, 2.05) is 24.3 Å². The van der Waals surface area contributed by atoms with Crippen molar-refractivity contribution in [1.82, 2.24) is 14.9 Å². The Kier molecular flexibility index (Phi) is 7.33. The molecule has 2 aromatic rings. The summed E-state index contributed by atoms with van der Waals surface area (Å²) in [4.78, 5) is 35.8. The Morgan fingerprint density at radius 3 is 2.17 bits per heavy atom. The van der Waals surface area contributed by atoms with Crippen molar-refractivity contribution in [3.8, 4) is 11.4 Å². The van der Waals surface area contributed by atoms with Crippen molar-refractivity contribution in [1.29, 1.82) is 0 Å². The lowest BCUT2D eigenvalue weighted by Crippen LogP contribution is -2.49. The highest BCUT2D eigenvalue weighted by molar-refractivity contribution is 6.35. The number of carbonyl (C=O) groups excluding carboxylic acids is 2. The number of benzene rings is 1. The molecular formula is C20H22Cl2N4O4. The van der Waals surface area contributed by atoms with Crippen molar-refractivity contribution in [3.05, 3.63) is 40.1 Å². The maximum absolute atomic E-state index is 11.8. The van der Waals surface area contributed by atoms with Crippen LogP contribution in [0.4, 0.5) is 10.5 Å². The third kappa shape index (κ3) is 5.12. The van der Waals surface area contributed by atoms with Gasteiger partial charge in [0.15, 0.2) is 5.82 Å². The third-order valence-electron chi connectivity index (χ3n) is 4.75. The standard InChI is InChI=1S/C20H22Cl2N4O4/c1-3-30-20(28)26-10-8-25(9-11-26)14-6-4-13(5-7-14)19-23-17(21)15(18(22)24-19)12-16(27)29-2/h4-7H,3,8-12H2,1-2H3. The largest absolute Gasteiger partial charge is 0.469 e. The van der Waals surface area contributed by atoms with Crippen LogP contribution in [0.5, 0.6) is 0 Å². The minimum absolute atomic E-state index is 0.0921. The van der Waals surface area contributed by atoms with Gasteiger partial charge in [-0.25, -0.2) is 14.8 Å². The molecule has 8 nitrogen and oxygen atoms in total. The van der Waals surface area contributed by atoms with Crippen LogP contribution in [0.15, 0.2) is 24.3 Å². The maximum atomic E-state index is 11.8. The van der Waals surface area contributed by atoms with Crippen LogP contribution in [-0.4, -0.2) is 66.8 Å². The number of rotatable bonds is 5.